The zero-order valence-corrected chi connectivity index (χ0v) is 10.6. The number of nitrogens with zero attached hydrogens (tertiary/aromatic N) is 1. The molecular weight excluding hydrogens is 258 g/mol. The van der Waals surface area contributed by atoms with E-state index >= 15 is 0 Å². The lowest BCUT2D eigenvalue weighted by atomic mass is 9.95. The third-order valence-corrected chi connectivity index (χ3v) is 4.15. The molecule has 2 N–H and O–H groups in total. The molecule has 18 heavy (non-hydrogen) atoms. The number of alkyl halides is 2. The highest BCUT2D eigenvalue weighted by Gasteiger charge is 2.71. The van der Waals surface area contributed by atoms with Crippen molar-refractivity contribution >= 4 is 22.5 Å². The van der Waals surface area contributed by atoms with E-state index in [1.165, 1.54) is 0 Å². The van der Waals surface area contributed by atoms with Crippen molar-refractivity contribution in [1.29, 1.82) is 0 Å². The van der Waals surface area contributed by atoms with Crippen LogP contribution < -0.4 is 5.73 Å². The van der Waals surface area contributed by atoms with Crippen LogP contribution in [0.2, 0.25) is 5.02 Å². The minimum Gasteiger partial charge on any atom is -0.350 e. The van der Waals surface area contributed by atoms with Gasteiger partial charge in [-0.15, -0.1) is 0 Å². The van der Waals surface area contributed by atoms with Crippen LogP contribution in [0.25, 0.3) is 10.9 Å². The Morgan fingerprint density at radius 3 is 2.67 bits per heavy atom. The van der Waals surface area contributed by atoms with Crippen molar-refractivity contribution < 1.29 is 8.78 Å². The third-order valence-electron chi connectivity index (χ3n) is 3.92. The summed E-state index contributed by atoms with van der Waals surface area (Å²) < 4.78 is 29.1. The van der Waals surface area contributed by atoms with E-state index in [9.17, 15) is 8.78 Å². The Bertz CT molecular complexity index is 635. The van der Waals surface area contributed by atoms with Gasteiger partial charge in [0.2, 0.25) is 0 Å². The highest BCUT2D eigenvalue weighted by atomic mass is 35.5. The smallest absolute Gasteiger partial charge is 0.260 e. The van der Waals surface area contributed by atoms with Crippen LogP contribution in [0.4, 0.5) is 8.78 Å². The molecular formula is C13H13ClF2N2. The summed E-state index contributed by atoms with van der Waals surface area (Å²) >= 11 is 5.93. The van der Waals surface area contributed by atoms with Crippen molar-refractivity contribution in [3.05, 3.63) is 35.0 Å². The molecule has 1 fully saturated rings. The average Bonchev–Trinajstić information content (AvgIpc) is 2.74. The number of halogens is 3. The second-order valence-corrected chi connectivity index (χ2v) is 5.42. The molecule has 0 radical (unpaired) electrons. The predicted octanol–water partition coefficient (Wildman–Crippen LogP) is 3.07. The summed E-state index contributed by atoms with van der Waals surface area (Å²) in [7, 11) is 1.83. The van der Waals surface area contributed by atoms with Crippen LogP contribution in [0.15, 0.2) is 24.4 Å². The van der Waals surface area contributed by atoms with Gasteiger partial charge in [0.1, 0.15) is 0 Å². The van der Waals surface area contributed by atoms with Gasteiger partial charge in [-0.2, -0.15) is 0 Å². The van der Waals surface area contributed by atoms with Crippen LogP contribution >= 0.6 is 11.6 Å². The van der Waals surface area contributed by atoms with Gasteiger partial charge in [-0.3, -0.25) is 0 Å². The van der Waals surface area contributed by atoms with Gasteiger partial charge in [-0.05, 0) is 17.7 Å². The molecule has 0 bridgehead atoms. The van der Waals surface area contributed by atoms with Gasteiger partial charge in [0.15, 0.2) is 0 Å². The summed E-state index contributed by atoms with van der Waals surface area (Å²) in [5, 5.41) is 1.41. The van der Waals surface area contributed by atoms with Gasteiger partial charge in [0, 0.05) is 42.1 Å². The molecule has 0 aliphatic heterocycles. The minimum atomic E-state index is -2.70. The first-order chi connectivity index (χ1) is 8.41. The number of aryl methyl sites for hydroxylation is 1. The van der Waals surface area contributed by atoms with E-state index < -0.39 is 11.3 Å². The molecule has 1 aliphatic carbocycles. The van der Waals surface area contributed by atoms with E-state index in [0.717, 1.165) is 10.9 Å². The lowest BCUT2D eigenvalue weighted by Gasteiger charge is -2.12. The minimum absolute atomic E-state index is 0.0399. The molecule has 1 heterocycles. The maximum absolute atomic E-state index is 13.6. The van der Waals surface area contributed by atoms with Crippen molar-refractivity contribution in [2.24, 2.45) is 12.8 Å². The van der Waals surface area contributed by atoms with Crippen LogP contribution in [-0.2, 0) is 12.5 Å². The number of aromatic nitrogens is 1. The van der Waals surface area contributed by atoms with Crippen molar-refractivity contribution in [3.63, 3.8) is 0 Å². The fraction of sp³-hybridized carbons (Fsp3) is 0.385. The molecule has 1 aromatic heterocycles. The number of rotatable bonds is 2. The second kappa shape index (κ2) is 3.45. The molecule has 1 aliphatic rings. The van der Waals surface area contributed by atoms with Crippen LogP contribution in [0.3, 0.4) is 0 Å². The number of fused-ring (bicyclic) bond motifs is 1. The summed E-state index contributed by atoms with van der Waals surface area (Å²) in [4.78, 5) is 0. The Hall–Kier alpha value is -1.13. The van der Waals surface area contributed by atoms with Crippen LogP contribution in [0.1, 0.15) is 12.0 Å². The lowest BCUT2D eigenvalue weighted by molar-refractivity contribution is 0.0899. The first-order valence-corrected chi connectivity index (χ1v) is 6.12. The largest absolute Gasteiger partial charge is 0.350 e. The molecule has 0 spiro atoms. The Kier molecular flexibility index (Phi) is 2.29. The van der Waals surface area contributed by atoms with Gasteiger partial charge in [-0.1, -0.05) is 17.7 Å². The maximum atomic E-state index is 13.6. The Labute approximate surface area is 108 Å². The zero-order valence-electron chi connectivity index (χ0n) is 9.88. The maximum Gasteiger partial charge on any atom is 0.260 e. The lowest BCUT2D eigenvalue weighted by Crippen LogP contribution is -2.26. The molecule has 0 saturated heterocycles. The number of nitrogens with two attached hydrogens (primary N) is 1. The first kappa shape index (κ1) is 11.9. The summed E-state index contributed by atoms with van der Waals surface area (Å²) in [5.74, 6) is -2.70. The van der Waals surface area contributed by atoms with E-state index in [0.29, 0.717) is 10.6 Å². The second-order valence-electron chi connectivity index (χ2n) is 4.98. The third kappa shape index (κ3) is 1.36. The highest BCUT2D eigenvalue weighted by molar-refractivity contribution is 6.31. The van der Waals surface area contributed by atoms with Crippen molar-refractivity contribution in [2.75, 3.05) is 6.54 Å². The van der Waals surface area contributed by atoms with E-state index in [4.69, 9.17) is 17.3 Å². The molecule has 1 atom stereocenters. The molecule has 0 amide bonds. The normalized spacial score (nSPS) is 25.6. The summed E-state index contributed by atoms with van der Waals surface area (Å²) in [6.45, 7) is -0.0399. The SMILES string of the molecule is Cn1cc(C2(CN)CC2(F)F)c2ccc(Cl)cc21. The van der Waals surface area contributed by atoms with E-state index in [1.807, 2.05) is 11.6 Å². The molecule has 1 unspecified atom stereocenters. The van der Waals surface area contributed by atoms with Gasteiger partial charge in [0.25, 0.3) is 5.92 Å². The molecule has 3 rings (SSSR count). The van der Waals surface area contributed by atoms with Gasteiger partial charge in [-0.25, -0.2) is 8.78 Å². The van der Waals surface area contributed by atoms with E-state index in [-0.39, 0.29) is 13.0 Å². The summed E-state index contributed by atoms with van der Waals surface area (Å²) in [6.07, 6.45) is 1.58. The van der Waals surface area contributed by atoms with Gasteiger partial charge < -0.3 is 10.3 Å². The van der Waals surface area contributed by atoms with Crippen molar-refractivity contribution in [2.45, 2.75) is 17.8 Å². The van der Waals surface area contributed by atoms with E-state index in [1.54, 1.807) is 24.4 Å². The van der Waals surface area contributed by atoms with Crippen LogP contribution in [0, 0.1) is 0 Å². The average molecular weight is 271 g/mol. The zero-order chi connectivity index (χ0) is 13.1. The van der Waals surface area contributed by atoms with Gasteiger partial charge >= 0.3 is 0 Å². The quantitative estimate of drug-likeness (QED) is 0.893. The Morgan fingerprint density at radius 2 is 2.11 bits per heavy atom. The number of hydrogen-bond donors (Lipinski definition) is 1. The predicted molar refractivity (Wildman–Crippen MR) is 68.2 cm³/mol. The van der Waals surface area contributed by atoms with Crippen molar-refractivity contribution in [1.82, 2.24) is 4.57 Å². The Balaban J connectivity index is 2.26. The van der Waals surface area contributed by atoms with Gasteiger partial charge in [0.05, 0.1) is 5.41 Å². The molecule has 1 aromatic carbocycles. The molecule has 2 aromatic rings. The summed E-state index contributed by atoms with van der Waals surface area (Å²) in [5.41, 5.74) is 5.88. The standard InChI is InChI=1S/C13H13ClF2N2/c1-18-5-10(12(7-17)6-13(12,15)16)9-3-2-8(14)4-11(9)18/h2-5H,6-7,17H2,1H3. The summed E-state index contributed by atoms with van der Waals surface area (Å²) in [6, 6.07) is 5.29. The monoisotopic (exact) mass is 270 g/mol. The topological polar surface area (TPSA) is 30.9 Å². The van der Waals surface area contributed by atoms with Crippen LogP contribution in [0.5, 0.6) is 0 Å². The van der Waals surface area contributed by atoms with E-state index in [2.05, 4.69) is 0 Å². The number of hydrogen-bond acceptors (Lipinski definition) is 1. The highest BCUT2D eigenvalue weighted by Crippen LogP contribution is 2.62. The molecule has 96 valence electrons. The van der Waals surface area contributed by atoms with Crippen LogP contribution in [-0.4, -0.2) is 17.0 Å². The molecule has 2 nitrogen and oxygen atoms in total. The van der Waals surface area contributed by atoms with Crippen molar-refractivity contribution in [3.8, 4) is 0 Å². The fourth-order valence-electron chi connectivity index (χ4n) is 2.70. The fourth-order valence-corrected chi connectivity index (χ4v) is 2.86. The molecule has 1 saturated carbocycles. The molecule has 5 heteroatoms. The first-order valence-electron chi connectivity index (χ1n) is 5.74. The number of benzene rings is 1. The Morgan fingerprint density at radius 1 is 1.44 bits per heavy atom.